The predicted molar refractivity (Wildman–Crippen MR) is 71.0 cm³/mol. The van der Waals surface area contributed by atoms with Gasteiger partial charge in [-0.25, -0.2) is 4.79 Å². The zero-order valence-corrected chi connectivity index (χ0v) is 10.5. The van der Waals surface area contributed by atoms with Gasteiger partial charge in [-0.15, -0.1) is 0 Å². The molecule has 0 aliphatic rings. The van der Waals surface area contributed by atoms with Crippen molar-refractivity contribution in [3.05, 3.63) is 53.9 Å². The Balaban J connectivity index is 2.11. The molecule has 1 heterocycles. The van der Waals surface area contributed by atoms with Gasteiger partial charge in [-0.3, -0.25) is 4.98 Å². The summed E-state index contributed by atoms with van der Waals surface area (Å²) in [6, 6.07) is 10.4. The number of carbonyl (C=O) groups excluding carboxylic acids is 1. The quantitative estimate of drug-likeness (QED) is 0.822. The van der Waals surface area contributed by atoms with Crippen molar-refractivity contribution in [3.63, 3.8) is 0 Å². The molecule has 0 aliphatic carbocycles. The number of nitrogens with zero attached hydrogens (tertiary/aromatic N) is 1. The van der Waals surface area contributed by atoms with E-state index >= 15 is 0 Å². The molecule has 1 aromatic heterocycles. The lowest BCUT2D eigenvalue weighted by Crippen LogP contribution is -2.08. The van der Waals surface area contributed by atoms with Crippen molar-refractivity contribution in [2.75, 3.05) is 12.4 Å². The number of anilines is 1. The van der Waals surface area contributed by atoms with Crippen molar-refractivity contribution in [2.45, 2.75) is 6.54 Å². The molecular weight excluding hydrogens is 244 g/mol. The predicted octanol–water partition coefficient (Wildman–Crippen LogP) is 2.19. The van der Waals surface area contributed by atoms with Gasteiger partial charge in [-0.2, -0.15) is 0 Å². The van der Waals surface area contributed by atoms with Gasteiger partial charge in [-0.1, -0.05) is 12.1 Å². The van der Waals surface area contributed by atoms with Crippen LogP contribution in [0, 0.1) is 0 Å². The normalized spacial score (nSPS) is 9.95. The molecule has 0 saturated carbocycles. The Kier molecular flexibility index (Phi) is 3.97. The van der Waals surface area contributed by atoms with E-state index in [4.69, 9.17) is 9.84 Å². The number of hydrogen-bond donors (Lipinski definition) is 2. The van der Waals surface area contributed by atoms with Crippen LogP contribution >= 0.6 is 0 Å². The fraction of sp³-hybridized carbons (Fsp3) is 0.143. The van der Waals surface area contributed by atoms with E-state index in [1.165, 1.54) is 13.3 Å². The van der Waals surface area contributed by atoms with Crippen molar-refractivity contribution in [3.8, 4) is 5.75 Å². The first-order chi connectivity index (χ1) is 9.20. The van der Waals surface area contributed by atoms with Crippen molar-refractivity contribution in [1.29, 1.82) is 0 Å². The minimum absolute atomic E-state index is 0.124. The number of carbonyl (C=O) groups is 1. The van der Waals surface area contributed by atoms with Crippen LogP contribution in [0.1, 0.15) is 16.1 Å². The number of nitrogens with one attached hydrogen (secondary N) is 1. The van der Waals surface area contributed by atoms with Crippen molar-refractivity contribution >= 4 is 11.7 Å². The van der Waals surface area contributed by atoms with Gasteiger partial charge in [0.15, 0.2) is 0 Å². The van der Waals surface area contributed by atoms with Gasteiger partial charge in [-0.05, 0) is 24.3 Å². The Morgan fingerprint density at radius 3 is 2.79 bits per heavy atom. The van der Waals surface area contributed by atoms with E-state index in [9.17, 15) is 4.79 Å². The average Bonchev–Trinajstić information content (AvgIpc) is 2.46. The first-order valence-electron chi connectivity index (χ1n) is 5.76. The van der Waals surface area contributed by atoms with Crippen LogP contribution in [0.3, 0.4) is 0 Å². The number of hydrogen-bond acceptors (Lipinski definition) is 5. The number of methoxy groups -OCH3 is 1. The van der Waals surface area contributed by atoms with Crippen LogP contribution in [0.15, 0.2) is 42.6 Å². The maximum Gasteiger partial charge on any atom is 0.339 e. The minimum atomic E-state index is -0.387. The summed E-state index contributed by atoms with van der Waals surface area (Å²) in [5, 5.41) is 12.3. The van der Waals surface area contributed by atoms with Gasteiger partial charge in [0.2, 0.25) is 0 Å². The lowest BCUT2D eigenvalue weighted by atomic mass is 10.1. The molecule has 19 heavy (non-hydrogen) atoms. The third kappa shape index (κ3) is 3.22. The largest absolute Gasteiger partial charge is 0.506 e. The summed E-state index contributed by atoms with van der Waals surface area (Å²) >= 11 is 0. The number of aromatic hydroxyl groups is 1. The molecule has 0 fully saturated rings. The van der Waals surface area contributed by atoms with Crippen molar-refractivity contribution < 1.29 is 14.6 Å². The van der Waals surface area contributed by atoms with Crippen LogP contribution in [0.2, 0.25) is 0 Å². The Morgan fingerprint density at radius 1 is 1.32 bits per heavy atom. The second-order valence-electron chi connectivity index (χ2n) is 3.90. The van der Waals surface area contributed by atoms with E-state index in [1.807, 2.05) is 6.07 Å². The van der Waals surface area contributed by atoms with Crippen LogP contribution in [0.5, 0.6) is 5.75 Å². The van der Waals surface area contributed by atoms with Gasteiger partial charge in [0.25, 0.3) is 0 Å². The molecule has 0 aliphatic heterocycles. The molecule has 2 N–H and O–H groups in total. The van der Waals surface area contributed by atoms with Crippen molar-refractivity contribution in [1.82, 2.24) is 4.98 Å². The second-order valence-corrected chi connectivity index (χ2v) is 3.90. The third-order valence-corrected chi connectivity index (χ3v) is 2.60. The Hall–Kier alpha value is -2.56. The topological polar surface area (TPSA) is 71.5 Å². The van der Waals surface area contributed by atoms with E-state index in [2.05, 4.69) is 10.3 Å². The molecule has 98 valence electrons. The molecule has 0 amide bonds. The molecule has 0 unspecified atom stereocenters. The number of para-hydroxylation sites is 1. The Labute approximate surface area is 110 Å². The molecule has 5 nitrogen and oxygen atoms in total. The molecule has 2 rings (SSSR count). The molecular formula is C14H14N2O3. The number of ether oxygens (including phenoxy) is 1. The van der Waals surface area contributed by atoms with Crippen LogP contribution in [0.4, 0.5) is 5.69 Å². The van der Waals surface area contributed by atoms with Gasteiger partial charge in [0, 0.05) is 5.69 Å². The van der Waals surface area contributed by atoms with E-state index in [-0.39, 0.29) is 11.7 Å². The highest BCUT2D eigenvalue weighted by Gasteiger charge is 2.10. The second kappa shape index (κ2) is 5.86. The van der Waals surface area contributed by atoms with Crippen LogP contribution in [-0.2, 0) is 11.3 Å². The van der Waals surface area contributed by atoms with Crippen LogP contribution in [0.25, 0.3) is 0 Å². The van der Waals surface area contributed by atoms with Gasteiger partial charge < -0.3 is 15.2 Å². The summed E-state index contributed by atoms with van der Waals surface area (Å²) in [5.41, 5.74) is 1.92. The highest BCUT2D eigenvalue weighted by atomic mass is 16.5. The summed E-state index contributed by atoms with van der Waals surface area (Å²) < 4.78 is 4.72. The first kappa shape index (κ1) is 12.9. The number of pyridine rings is 1. The number of aromatic nitrogens is 1. The summed E-state index contributed by atoms with van der Waals surface area (Å²) in [6.45, 7) is 0.453. The first-order valence-corrected chi connectivity index (χ1v) is 5.76. The maximum absolute atomic E-state index is 11.6. The minimum Gasteiger partial charge on any atom is -0.506 e. The maximum atomic E-state index is 11.6. The zero-order valence-electron chi connectivity index (χ0n) is 10.5. The zero-order chi connectivity index (χ0) is 13.7. The third-order valence-electron chi connectivity index (χ3n) is 2.60. The van der Waals surface area contributed by atoms with Gasteiger partial charge >= 0.3 is 5.97 Å². The lowest BCUT2D eigenvalue weighted by molar-refractivity contribution is 0.0602. The molecule has 0 bridgehead atoms. The van der Waals surface area contributed by atoms with E-state index in [1.54, 1.807) is 30.3 Å². The monoisotopic (exact) mass is 258 g/mol. The molecule has 1 aromatic carbocycles. The fourth-order valence-electron chi connectivity index (χ4n) is 1.63. The van der Waals surface area contributed by atoms with E-state index in [0.29, 0.717) is 17.8 Å². The average molecular weight is 258 g/mol. The summed E-state index contributed by atoms with van der Waals surface area (Å²) in [6.07, 6.45) is 1.38. The summed E-state index contributed by atoms with van der Waals surface area (Å²) in [4.78, 5) is 15.6. The SMILES string of the molecule is COC(=O)c1ccccc1NCc1ccc(O)cn1. The van der Waals surface area contributed by atoms with Crippen molar-refractivity contribution in [2.24, 2.45) is 0 Å². The summed E-state index contributed by atoms with van der Waals surface area (Å²) in [5.74, 6) is -0.263. The molecule has 2 aromatic rings. The van der Waals surface area contributed by atoms with Crippen LogP contribution in [-0.4, -0.2) is 23.2 Å². The number of benzene rings is 1. The van der Waals surface area contributed by atoms with Crippen LogP contribution < -0.4 is 5.32 Å². The molecule has 0 radical (unpaired) electrons. The highest BCUT2D eigenvalue weighted by Crippen LogP contribution is 2.17. The number of rotatable bonds is 4. The molecule has 5 heteroatoms. The van der Waals surface area contributed by atoms with Gasteiger partial charge in [0.05, 0.1) is 31.1 Å². The summed E-state index contributed by atoms with van der Waals surface area (Å²) in [7, 11) is 1.35. The van der Waals surface area contributed by atoms with E-state index < -0.39 is 0 Å². The molecule has 0 saturated heterocycles. The smallest absolute Gasteiger partial charge is 0.339 e. The Morgan fingerprint density at radius 2 is 2.11 bits per heavy atom. The fourth-order valence-corrected chi connectivity index (χ4v) is 1.63. The molecule has 0 atom stereocenters. The number of esters is 1. The van der Waals surface area contributed by atoms with E-state index in [0.717, 1.165) is 5.69 Å². The lowest BCUT2D eigenvalue weighted by Gasteiger charge is -2.10. The molecule has 0 spiro atoms. The Bertz CT molecular complexity index is 567. The standard InChI is InChI=1S/C14H14N2O3/c1-19-14(18)12-4-2-3-5-13(12)16-8-10-6-7-11(17)9-15-10/h2-7,9,16-17H,8H2,1H3. The van der Waals surface area contributed by atoms with Gasteiger partial charge in [0.1, 0.15) is 5.75 Å². The highest BCUT2D eigenvalue weighted by molar-refractivity contribution is 5.95.